The first-order valence-corrected chi connectivity index (χ1v) is 4.65. The molecule has 12 heavy (non-hydrogen) atoms. The van der Waals surface area contributed by atoms with Gasteiger partial charge in [0.2, 0.25) is 0 Å². The van der Waals surface area contributed by atoms with Crippen molar-refractivity contribution in [2.24, 2.45) is 5.92 Å². The van der Waals surface area contributed by atoms with Gasteiger partial charge in [-0.3, -0.25) is 4.79 Å². The molecule has 1 aliphatic rings. The third-order valence-corrected chi connectivity index (χ3v) is 2.68. The quantitative estimate of drug-likeness (QED) is 0.669. The summed E-state index contributed by atoms with van der Waals surface area (Å²) in [6.07, 6.45) is 5.13. The maximum absolute atomic E-state index is 10.3. The zero-order valence-electron chi connectivity index (χ0n) is 7.55. The maximum atomic E-state index is 10.3. The number of carboxylic acids is 1. The molecular weight excluding hydrogens is 154 g/mol. The molecule has 1 rings (SSSR count). The van der Waals surface area contributed by atoms with Crippen LogP contribution in [0, 0.1) is 5.92 Å². The summed E-state index contributed by atoms with van der Waals surface area (Å²) >= 11 is 0. The molecule has 1 fully saturated rings. The van der Waals surface area contributed by atoms with Crippen LogP contribution in [0.25, 0.3) is 0 Å². The Morgan fingerprint density at radius 1 is 1.58 bits per heavy atom. The molecule has 0 aromatic carbocycles. The highest BCUT2D eigenvalue weighted by atomic mass is 16.4. The van der Waals surface area contributed by atoms with Gasteiger partial charge >= 0.3 is 5.97 Å². The minimum absolute atomic E-state index is 0.0949. The number of hydrogen-bond acceptors (Lipinski definition) is 2. The predicted octanol–water partition coefficient (Wildman–Crippen LogP) is 1.24. The lowest BCUT2D eigenvalue weighted by molar-refractivity contribution is -0.136. The number of hydrogen-bond donors (Lipinski definition) is 2. The van der Waals surface area contributed by atoms with Gasteiger partial charge in [-0.25, -0.2) is 0 Å². The van der Waals surface area contributed by atoms with Crippen molar-refractivity contribution in [3.63, 3.8) is 0 Å². The second kappa shape index (κ2) is 4.45. The number of nitrogens with one attached hydrogen (secondary N) is 1. The van der Waals surface area contributed by atoms with Crippen LogP contribution in [0.1, 0.15) is 32.6 Å². The second-order valence-corrected chi connectivity index (χ2v) is 3.61. The van der Waals surface area contributed by atoms with Crippen molar-refractivity contribution in [3.8, 4) is 0 Å². The molecule has 0 heterocycles. The second-order valence-electron chi connectivity index (χ2n) is 3.61. The number of rotatable bonds is 4. The molecule has 3 nitrogen and oxygen atoms in total. The van der Waals surface area contributed by atoms with Crippen LogP contribution in [0.5, 0.6) is 0 Å². The summed E-state index contributed by atoms with van der Waals surface area (Å²) in [5.74, 6) is -0.0656. The zero-order valence-corrected chi connectivity index (χ0v) is 7.55. The Morgan fingerprint density at radius 2 is 2.17 bits per heavy atom. The van der Waals surface area contributed by atoms with E-state index in [2.05, 4.69) is 12.2 Å². The average Bonchev–Trinajstić information content (AvgIpc) is 2.51. The molecule has 1 unspecified atom stereocenters. The van der Waals surface area contributed by atoms with Crippen molar-refractivity contribution >= 4 is 5.97 Å². The summed E-state index contributed by atoms with van der Waals surface area (Å²) in [4.78, 5) is 10.3. The molecule has 0 aromatic rings. The first-order chi connectivity index (χ1) is 5.70. The fourth-order valence-electron chi connectivity index (χ4n) is 1.87. The molecular formula is C9H17NO2. The van der Waals surface area contributed by atoms with Gasteiger partial charge < -0.3 is 10.4 Å². The van der Waals surface area contributed by atoms with Gasteiger partial charge in [-0.1, -0.05) is 12.8 Å². The molecule has 0 saturated heterocycles. The monoisotopic (exact) mass is 171 g/mol. The largest absolute Gasteiger partial charge is 0.480 e. The van der Waals surface area contributed by atoms with E-state index in [1.165, 1.54) is 25.7 Å². The topological polar surface area (TPSA) is 49.3 Å². The van der Waals surface area contributed by atoms with E-state index in [9.17, 15) is 4.79 Å². The first-order valence-electron chi connectivity index (χ1n) is 4.65. The lowest BCUT2D eigenvalue weighted by Gasteiger charge is -2.18. The molecule has 1 atom stereocenters. The van der Waals surface area contributed by atoms with Crippen LogP contribution < -0.4 is 5.32 Å². The fraction of sp³-hybridized carbons (Fsp3) is 0.889. The fourth-order valence-corrected chi connectivity index (χ4v) is 1.87. The van der Waals surface area contributed by atoms with E-state index in [4.69, 9.17) is 5.11 Å². The van der Waals surface area contributed by atoms with Gasteiger partial charge in [0.15, 0.2) is 0 Å². The van der Waals surface area contributed by atoms with Gasteiger partial charge in [0.25, 0.3) is 0 Å². The number of carboxylic acid groups (broad SMARTS) is 1. The molecule has 0 bridgehead atoms. The van der Waals surface area contributed by atoms with Gasteiger partial charge in [0, 0.05) is 6.04 Å². The van der Waals surface area contributed by atoms with Gasteiger partial charge in [-0.2, -0.15) is 0 Å². The Morgan fingerprint density at radius 3 is 2.67 bits per heavy atom. The summed E-state index contributed by atoms with van der Waals surface area (Å²) in [5, 5.41) is 11.5. The van der Waals surface area contributed by atoms with Crippen LogP contribution in [0.4, 0.5) is 0 Å². The molecule has 0 radical (unpaired) electrons. The standard InChI is InChI=1S/C9H17NO2/c1-7(10-6-9(11)12)8-4-2-3-5-8/h7-8,10H,2-6H2,1H3,(H,11,12). The SMILES string of the molecule is CC(NCC(=O)O)C1CCCC1. The molecule has 70 valence electrons. The van der Waals surface area contributed by atoms with Crippen molar-refractivity contribution in [3.05, 3.63) is 0 Å². The van der Waals surface area contributed by atoms with Crippen molar-refractivity contribution in [1.82, 2.24) is 5.32 Å². The van der Waals surface area contributed by atoms with E-state index in [0.29, 0.717) is 12.0 Å². The molecule has 0 aromatic heterocycles. The molecule has 0 amide bonds. The summed E-state index contributed by atoms with van der Waals surface area (Å²) in [6.45, 7) is 2.18. The van der Waals surface area contributed by atoms with Crippen LogP contribution in [-0.4, -0.2) is 23.7 Å². The first kappa shape index (κ1) is 9.52. The number of carbonyl (C=O) groups is 1. The molecule has 1 aliphatic carbocycles. The highest BCUT2D eigenvalue weighted by Crippen LogP contribution is 2.27. The highest BCUT2D eigenvalue weighted by molar-refractivity contribution is 5.69. The summed E-state index contributed by atoms with van der Waals surface area (Å²) in [5.41, 5.74) is 0. The van der Waals surface area contributed by atoms with Crippen LogP contribution in [0.3, 0.4) is 0 Å². The Kier molecular flexibility index (Phi) is 3.53. The van der Waals surface area contributed by atoms with Crippen LogP contribution in [0.2, 0.25) is 0 Å². The maximum Gasteiger partial charge on any atom is 0.317 e. The minimum Gasteiger partial charge on any atom is -0.480 e. The molecule has 0 spiro atoms. The van der Waals surface area contributed by atoms with Gasteiger partial charge in [-0.05, 0) is 25.7 Å². The van der Waals surface area contributed by atoms with Crippen molar-refractivity contribution in [2.45, 2.75) is 38.6 Å². The summed E-state index contributed by atoms with van der Waals surface area (Å²) < 4.78 is 0. The Balaban J connectivity index is 2.17. The van der Waals surface area contributed by atoms with Crippen molar-refractivity contribution in [1.29, 1.82) is 0 Å². The molecule has 0 aliphatic heterocycles. The lowest BCUT2D eigenvalue weighted by Crippen LogP contribution is -2.35. The lowest BCUT2D eigenvalue weighted by atomic mass is 10.00. The van der Waals surface area contributed by atoms with Crippen LogP contribution in [-0.2, 0) is 4.79 Å². The van der Waals surface area contributed by atoms with Gasteiger partial charge in [0.1, 0.15) is 0 Å². The van der Waals surface area contributed by atoms with Gasteiger partial charge in [-0.15, -0.1) is 0 Å². The van der Waals surface area contributed by atoms with E-state index >= 15 is 0 Å². The van der Waals surface area contributed by atoms with E-state index in [1.54, 1.807) is 0 Å². The Bertz CT molecular complexity index is 153. The van der Waals surface area contributed by atoms with Crippen LogP contribution in [0.15, 0.2) is 0 Å². The third-order valence-electron chi connectivity index (χ3n) is 2.68. The predicted molar refractivity (Wildman–Crippen MR) is 47.1 cm³/mol. The smallest absolute Gasteiger partial charge is 0.317 e. The van der Waals surface area contributed by atoms with Crippen LogP contribution >= 0.6 is 0 Å². The highest BCUT2D eigenvalue weighted by Gasteiger charge is 2.21. The molecule has 3 heteroatoms. The van der Waals surface area contributed by atoms with E-state index in [-0.39, 0.29) is 6.54 Å². The Labute approximate surface area is 73.2 Å². The normalized spacial score (nSPS) is 21.1. The van der Waals surface area contributed by atoms with Gasteiger partial charge in [0.05, 0.1) is 6.54 Å². The van der Waals surface area contributed by atoms with E-state index < -0.39 is 5.97 Å². The van der Waals surface area contributed by atoms with Crippen molar-refractivity contribution in [2.75, 3.05) is 6.54 Å². The zero-order chi connectivity index (χ0) is 8.97. The molecule has 1 saturated carbocycles. The molecule has 2 N–H and O–H groups in total. The van der Waals surface area contributed by atoms with E-state index in [0.717, 1.165) is 0 Å². The van der Waals surface area contributed by atoms with E-state index in [1.807, 2.05) is 0 Å². The number of aliphatic carboxylic acids is 1. The van der Waals surface area contributed by atoms with Crippen molar-refractivity contribution < 1.29 is 9.90 Å². The Hall–Kier alpha value is -0.570. The summed E-state index contributed by atoms with van der Waals surface area (Å²) in [6, 6.07) is 0.364. The minimum atomic E-state index is -0.764. The summed E-state index contributed by atoms with van der Waals surface area (Å²) in [7, 11) is 0. The average molecular weight is 171 g/mol. The third kappa shape index (κ3) is 2.81.